The topological polar surface area (TPSA) is 99.3 Å². The smallest absolute Gasteiger partial charge is 0.322 e. The normalized spacial score (nSPS) is 22.5. The first-order valence-electron chi connectivity index (χ1n) is 7.84. The summed E-state index contributed by atoms with van der Waals surface area (Å²) in [6, 6.07) is -0.0511. The molecule has 2 unspecified atom stereocenters. The van der Waals surface area contributed by atoms with Crippen molar-refractivity contribution >= 4 is 11.6 Å². The third-order valence-electron chi connectivity index (χ3n) is 5.28. The third-order valence-corrected chi connectivity index (χ3v) is 5.28. The molecule has 1 aromatic rings. The molecule has 2 rings (SSSR count). The molecule has 1 heterocycles. The van der Waals surface area contributed by atoms with E-state index in [9.17, 15) is 14.9 Å². The molecule has 1 aliphatic rings. The van der Waals surface area contributed by atoms with E-state index in [2.05, 4.69) is 24.3 Å². The van der Waals surface area contributed by atoms with Crippen LogP contribution in [0.4, 0.5) is 5.69 Å². The fraction of sp³-hybridized carbons (Fsp3) is 0.733. The minimum absolute atomic E-state index is 0.00512. The number of aryl methyl sites for hydroxylation is 2. The largest absolute Gasteiger partial charge is 0.381 e. The van der Waals surface area contributed by atoms with Crippen LogP contribution in [0.15, 0.2) is 0 Å². The molecule has 0 saturated heterocycles. The van der Waals surface area contributed by atoms with Crippen LogP contribution in [0.2, 0.25) is 0 Å². The number of nitrogens with zero attached hydrogens (tertiary/aromatic N) is 3. The van der Waals surface area contributed by atoms with Gasteiger partial charge >= 0.3 is 5.69 Å². The van der Waals surface area contributed by atoms with Gasteiger partial charge in [-0.05, 0) is 26.2 Å². The lowest BCUT2D eigenvalue weighted by atomic mass is 9.58. The highest BCUT2D eigenvalue weighted by atomic mass is 16.6. The van der Waals surface area contributed by atoms with Gasteiger partial charge in [-0.3, -0.25) is 19.6 Å². The quantitative estimate of drug-likeness (QED) is 0.637. The van der Waals surface area contributed by atoms with Crippen LogP contribution in [0.25, 0.3) is 0 Å². The summed E-state index contributed by atoms with van der Waals surface area (Å²) in [7, 11) is 3.22. The molecule has 0 bridgehead atoms. The van der Waals surface area contributed by atoms with Crippen LogP contribution in [0.3, 0.4) is 0 Å². The summed E-state index contributed by atoms with van der Waals surface area (Å²) in [6.07, 6.45) is 2.57. The fourth-order valence-electron chi connectivity index (χ4n) is 3.83. The number of carbonyl (C=O) groups is 1. The Kier molecular flexibility index (Phi) is 4.74. The highest BCUT2D eigenvalue weighted by Crippen LogP contribution is 2.48. The number of amides is 1. The van der Waals surface area contributed by atoms with Gasteiger partial charge in [0.15, 0.2) is 0 Å². The van der Waals surface area contributed by atoms with Crippen molar-refractivity contribution in [3.8, 4) is 0 Å². The third kappa shape index (κ3) is 2.60. The number of rotatable bonds is 6. The average molecular weight is 324 g/mol. The van der Waals surface area contributed by atoms with Crippen LogP contribution < -0.4 is 5.32 Å². The van der Waals surface area contributed by atoms with Crippen molar-refractivity contribution in [1.29, 1.82) is 0 Å². The molecule has 0 aliphatic heterocycles. The maximum atomic E-state index is 12.6. The molecule has 1 amide bonds. The van der Waals surface area contributed by atoms with Crippen LogP contribution in [0.5, 0.6) is 0 Å². The van der Waals surface area contributed by atoms with E-state index >= 15 is 0 Å². The molecule has 1 saturated carbocycles. The average Bonchev–Trinajstić information content (AvgIpc) is 2.79. The molecule has 8 heteroatoms. The standard InChI is InChI=1S/C15H24N4O4/c1-6-15(7-2)10(8-11(15)23-5)16-14(20)13-12(19(21)22)9(3)17-18(13)4/h10-11H,6-8H2,1-5H3,(H,16,20). The summed E-state index contributed by atoms with van der Waals surface area (Å²) in [5, 5.41) is 18.2. The van der Waals surface area contributed by atoms with Gasteiger partial charge < -0.3 is 10.1 Å². The Labute approximate surface area is 135 Å². The molecule has 1 aromatic heterocycles. The molecule has 0 spiro atoms. The Morgan fingerprint density at radius 3 is 2.61 bits per heavy atom. The van der Waals surface area contributed by atoms with Crippen molar-refractivity contribution in [3.63, 3.8) is 0 Å². The molecule has 0 aromatic carbocycles. The van der Waals surface area contributed by atoms with Crippen molar-refractivity contribution in [3.05, 3.63) is 21.5 Å². The lowest BCUT2D eigenvalue weighted by Crippen LogP contribution is -2.64. The minimum atomic E-state index is -0.553. The SMILES string of the molecule is CCC1(CC)C(NC(=O)c2c([N+](=O)[O-])c(C)nn2C)CC1OC. The minimum Gasteiger partial charge on any atom is -0.381 e. The number of carbonyl (C=O) groups excluding carboxylic acids is 1. The van der Waals surface area contributed by atoms with E-state index in [4.69, 9.17) is 4.74 Å². The van der Waals surface area contributed by atoms with E-state index in [0.29, 0.717) is 6.42 Å². The second-order valence-corrected chi connectivity index (χ2v) is 6.09. The van der Waals surface area contributed by atoms with E-state index in [1.807, 2.05) is 0 Å². The summed E-state index contributed by atoms with van der Waals surface area (Å²) in [5.74, 6) is -0.453. The summed E-state index contributed by atoms with van der Waals surface area (Å²) in [4.78, 5) is 23.3. The summed E-state index contributed by atoms with van der Waals surface area (Å²) >= 11 is 0. The Balaban J connectivity index is 2.26. The van der Waals surface area contributed by atoms with Gasteiger partial charge in [0.05, 0.1) is 11.0 Å². The molecule has 1 N–H and O–H groups in total. The highest BCUT2D eigenvalue weighted by molar-refractivity contribution is 5.97. The number of hydrogen-bond acceptors (Lipinski definition) is 5. The van der Waals surface area contributed by atoms with Crippen molar-refractivity contribution < 1.29 is 14.5 Å². The Bertz CT molecular complexity index is 621. The molecule has 2 atom stereocenters. The lowest BCUT2D eigenvalue weighted by Gasteiger charge is -2.55. The maximum absolute atomic E-state index is 12.6. The fourth-order valence-corrected chi connectivity index (χ4v) is 3.83. The molecule has 128 valence electrons. The molecule has 0 radical (unpaired) electrons. The van der Waals surface area contributed by atoms with Crippen molar-refractivity contribution in [1.82, 2.24) is 15.1 Å². The molecular weight excluding hydrogens is 300 g/mol. The summed E-state index contributed by atoms with van der Waals surface area (Å²) in [5.41, 5.74) is -0.115. The van der Waals surface area contributed by atoms with Crippen molar-refractivity contribution in [2.24, 2.45) is 12.5 Å². The Hall–Kier alpha value is -1.96. The van der Waals surface area contributed by atoms with E-state index in [-0.39, 0.29) is 34.6 Å². The van der Waals surface area contributed by atoms with E-state index in [0.717, 1.165) is 12.8 Å². The van der Waals surface area contributed by atoms with Gasteiger partial charge in [0.1, 0.15) is 5.69 Å². The molecule has 1 aliphatic carbocycles. The molecule has 1 fully saturated rings. The molecular formula is C15H24N4O4. The first kappa shape index (κ1) is 17.4. The number of nitrogens with one attached hydrogen (secondary N) is 1. The predicted octanol–water partition coefficient (Wildman–Crippen LogP) is 1.96. The molecule has 23 heavy (non-hydrogen) atoms. The number of methoxy groups -OCH3 is 1. The maximum Gasteiger partial charge on any atom is 0.322 e. The molecule has 8 nitrogen and oxygen atoms in total. The monoisotopic (exact) mass is 324 g/mol. The van der Waals surface area contributed by atoms with Crippen LogP contribution in [0, 0.1) is 22.5 Å². The van der Waals surface area contributed by atoms with Gasteiger partial charge in [-0.25, -0.2) is 0 Å². The Morgan fingerprint density at radius 1 is 1.52 bits per heavy atom. The van der Waals surface area contributed by atoms with Gasteiger partial charge in [-0.15, -0.1) is 0 Å². The van der Waals surface area contributed by atoms with E-state index < -0.39 is 10.8 Å². The van der Waals surface area contributed by atoms with Gasteiger partial charge in [-0.1, -0.05) is 13.8 Å². The van der Waals surface area contributed by atoms with Crippen LogP contribution >= 0.6 is 0 Å². The predicted molar refractivity (Wildman–Crippen MR) is 84.3 cm³/mol. The van der Waals surface area contributed by atoms with Crippen molar-refractivity contribution in [2.45, 2.75) is 52.2 Å². The summed E-state index contributed by atoms with van der Waals surface area (Å²) < 4.78 is 6.79. The van der Waals surface area contributed by atoms with Gasteiger partial charge in [0, 0.05) is 25.6 Å². The van der Waals surface area contributed by atoms with Gasteiger partial charge in [-0.2, -0.15) is 5.10 Å². The highest BCUT2D eigenvalue weighted by Gasteiger charge is 2.54. The summed E-state index contributed by atoms with van der Waals surface area (Å²) in [6.45, 7) is 5.68. The lowest BCUT2D eigenvalue weighted by molar-refractivity contribution is -0.385. The van der Waals surface area contributed by atoms with Crippen LogP contribution in [0.1, 0.15) is 49.3 Å². The van der Waals surface area contributed by atoms with Gasteiger partial charge in [0.2, 0.25) is 5.69 Å². The number of aromatic nitrogens is 2. The second-order valence-electron chi connectivity index (χ2n) is 6.09. The van der Waals surface area contributed by atoms with E-state index in [1.165, 1.54) is 11.6 Å². The second kappa shape index (κ2) is 6.27. The van der Waals surface area contributed by atoms with E-state index in [1.54, 1.807) is 14.2 Å². The number of ether oxygens (including phenoxy) is 1. The first-order valence-corrected chi connectivity index (χ1v) is 7.84. The van der Waals surface area contributed by atoms with Crippen LogP contribution in [-0.2, 0) is 11.8 Å². The number of nitro groups is 1. The zero-order chi connectivity index (χ0) is 17.4. The Morgan fingerprint density at radius 2 is 2.13 bits per heavy atom. The number of hydrogen-bond donors (Lipinski definition) is 1. The zero-order valence-corrected chi connectivity index (χ0v) is 14.3. The van der Waals surface area contributed by atoms with Crippen molar-refractivity contribution in [2.75, 3.05) is 7.11 Å². The van der Waals surface area contributed by atoms with Gasteiger partial charge in [0.25, 0.3) is 5.91 Å². The first-order chi connectivity index (χ1) is 10.8. The van der Waals surface area contributed by atoms with Crippen LogP contribution in [-0.4, -0.2) is 39.9 Å². The zero-order valence-electron chi connectivity index (χ0n) is 14.3.